The van der Waals surface area contributed by atoms with Gasteiger partial charge >= 0.3 is 12.2 Å². The number of amides is 2. The van der Waals surface area contributed by atoms with Crippen LogP contribution in [0.5, 0.6) is 11.8 Å². The van der Waals surface area contributed by atoms with E-state index < -0.39 is 29.8 Å². The maximum Gasteiger partial charge on any atom is 0.422 e. The summed E-state index contributed by atoms with van der Waals surface area (Å²) in [5.41, 5.74) is 2.48. The Morgan fingerprint density at radius 1 is 0.957 bits per heavy atom. The molecule has 250 valence electrons. The molecule has 2 aromatic carbocycles. The Morgan fingerprint density at radius 3 is 2.33 bits per heavy atom. The second-order valence-electron chi connectivity index (χ2n) is 9.15. The average Bonchev–Trinajstić information content (AvgIpc) is 3.03. The molecule has 0 saturated carbocycles. The van der Waals surface area contributed by atoms with Crippen LogP contribution in [0.4, 0.5) is 30.8 Å². The molecule has 46 heavy (non-hydrogen) atoms. The zero-order valence-corrected chi connectivity index (χ0v) is 26.5. The highest BCUT2D eigenvalue weighted by atomic mass is 32.2. The smallest absolute Gasteiger partial charge is 0.422 e. The van der Waals surface area contributed by atoms with Gasteiger partial charge in [0.25, 0.3) is 0 Å². The van der Waals surface area contributed by atoms with Crippen molar-refractivity contribution in [1.82, 2.24) is 25.0 Å². The molecule has 0 aliphatic carbocycles. The van der Waals surface area contributed by atoms with Gasteiger partial charge in [0.05, 0.1) is 5.75 Å². The first kappa shape index (κ1) is 37.5. The van der Waals surface area contributed by atoms with Crippen molar-refractivity contribution < 1.29 is 36.4 Å². The van der Waals surface area contributed by atoms with Crippen LogP contribution in [0.3, 0.4) is 0 Å². The fourth-order valence-corrected chi connectivity index (χ4v) is 4.10. The number of aryl methyl sites for hydroxylation is 1. The largest absolute Gasteiger partial charge is 0.490 e. The number of nitrogens with zero attached hydrogens (tertiary/aromatic N) is 3. The summed E-state index contributed by atoms with van der Waals surface area (Å²) >= 11 is 0. The van der Waals surface area contributed by atoms with E-state index in [9.17, 15) is 27.0 Å². The molecular formula is C30H38F3N7O5S. The van der Waals surface area contributed by atoms with E-state index in [0.717, 1.165) is 11.1 Å². The van der Waals surface area contributed by atoms with Crippen molar-refractivity contribution in [2.24, 2.45) is 0 Å². The highest BCUT2D eigenvalue weighted by Crippen LogP contribution is 2.21. The Labute approximate surface area is 268 Å². The number of hydrogen-bond acceptors (Lipinski definition) is 10. The number of halogens is 3. The van der Waals surface area contributed by atoms with Crippen LogP contribution in [-0.2, 0) is 27.1 Å². The minimum Gasteiger partial charge on any atom is -0.490 e. The van der Waals surface area contributed by atoms with E-state index in [2.05, 4.69) is 35.6 Å². The predicted octanol–water partition coefficient (Wildman–Crippen LogP) is 4.74. The number of anilines is 3. The maximum atomic E-state index is 12.7. The quantitative estimate of drug-likeness (QED) is 0.0850. The maximum absolute atomic E-state index is 12.7. The molecule has 16 heteroatoms. The summed E-state index contributed by atoms with van der Waals surface area (Å²) in [5, 5.41) is 8.35. The molecule has 3 aromatic rings. The number of hydrogen-bond donors (Lipinski definition) is 4. The Kier molecular flexibility index (Phi) is 16.6. The van der Waals surface area contributed by atoms with Crippen LogP contribution in [0, 0.1) is 6.92 Å². The predicted molar refractivity (Wildman–Crippen MR) is 170 cm³/mol. The molecule has 4 N–H and O–H groups in total. The number of carbonyl (C=O) groups excluding carboxylic acids is 2. The van der Waals surface area contributed by atoms with Crippen LogP contribution in [-0.4, -0.2) is 63.2 Å². The van der Waals surface area contributed by atoms with Crippen LogP contribution < -0.4 is 30.1 Å². The van der Waals surface area contributed by atoms with Crippen molar-refractivity contribution >= 4 is 40.9 Å². The molecule has 1 aromatic heterocycles. The molecule has 0 saturated heterocycles. The lowest BCUT2D eigenvalue weighted by atomic mass is 10.2. The van der Waals surface area contributed by atoms with Gasteiger partial charge in [-0.3, -0.25) is 14.3 Å². The van der Waals surface area contributed by atoms with Gasteiger partial charge in [-0.15, -0.1) is 0 Å². The summed E-state index contributed by atoms with van der Waals surface area (Å²) in [6, 6.07) is 13.8. The van der Waals surface area contributed by atoms with Gasteiger partial charge in [-0.1, -0.05) is 55.8 Å². The lowest BCUT2D eigenvalue weighted by Gasteiger charge is -2.12. The van der Waals surface area contributed by atoms with Gasteiger partial charge in [-0.25, -0.2) is 4.21 Å². The van der Waals surface area contributed by atoms with Gasteiger partial charge in [0, 0.05) is 25.2 Å². The molecule has 0 radical (unpaired) electrons. The first-order valence-electron chi connectivity index (χ1n) is 14.3. The Hall–Kier alpha value is -4.73. The minimum absolute atomic E-state index is 0.00943. The number of alkyl halides is 3. The molecule has 0 aliphatic heterocycles. The second-order valence-corrected chi connectivity index (χ2v) is 10.4. The third-order valence-electron chi connectivity index (χ3n) is 5.46. The van der Waals surface area contributed by atoms with E-state index in [4.69, 9.17) is 9.47 Å². The highest BCUT2D eigenvalue weighted by Gasteiger charge is 2.29. The SMILES string of the molecule is CC.Cc1ccc(Nc2nc(NCc3ccc(OC/C=C/CS(=O)NC(=O)CCCNC=O)cc3)nc(OCC(F)(F)F)n2)cc1. The molecule has 1 unspecified atom stereocenters. The number of benzene rings is 2. The average molecular weight is 666 g/mol. The lowest BCUT2D eigenvalue weighted by molar-refractivity contribution is -0.154. The topological polar surface area (TPSA) is 156 Å². The Bertz CT molecular complexity index is 1410. The molecular weight excluding hydrogens is 627 g/mol. The van der Waals surface area contributed by atoms with Crippen LogP contribution in [0.1, 0.15) is 37.8 Å². The third kappa shape index (κ3) is 15.8. The van der Waals surface area contributed by atoms with E-state index >= 15 is 0 Å². The number of ether oxygens (including phenoxy) is 2. The van der Waals surface area contributed by atoms with Crippen LogP contribution in [0.25, 0.3) is 0 Å². The number of carbonyl (C=O) groups is 2. The van der Waals surface area contributed by atoms with Gasteiger partial charge in [0.1, 0.15) is 23.3 Å². The standard InChI is InChI=1S/C28H32F3N7O5S.C2H6/c1-20-6-10-22(11-7-20)34-26-35-25(36-27(37-26)43-18-28(29,30)31)33-17-21-8-12-23(13-9-21)42-15-2-3-16-44(41)38-24(40)5-4-14-32-19-39;1-2/h2-3,6-13,19H,4-5,14-18H2,1H3,(H,32,39)(H,38,40)(H2,33,34,35,36,37);1-2H3/b3-2+;. The van der Waals surface area contributed by atoms with Crippen molar-refractivity contribution in [2.45, 2.75) is 46.3 Å². The Balaban J connectivity index is 0.00000361. The first-order chi connectivity index (χ1) is 22.1. The third-order valence-corrected chi connectivity index (χ3v) is 6.41. The fourth-order valence-electron chi connectivity index (χ4n) is 3.35. The minimum atomic E-state index is -4.56. The molecule has 0 fully saturated rings. The zero-order chi connectivity index (χ0) is 33.8. The van der Waals surface area contributed by atoms with Gasteiger partial charge in [0.15, 0.2) is 6.61 Å². The molecule has 12 nitrogen and oxygen atoms in total. The van der Waals surface area contributed by atoms with Crippen molar-refractivity contribution in [3.8, 4) is 11.8 Å². The first-order valence-corrected chi connectivity index (χ1v) is 15.7. The van der Waals surface area contributed by atoms with Crippen LogP contribution >= 0.6 is 0 Å². The van der Waals surface area contributed by atoms with Crippen molar-refractivity contribution in [2.75, 3.05) is 36.1 Å². The fraction of sp³-hybridized carbons (Fsp3) is 0.367. The van der Waals surface area contributed by atoms with Gasteiger partial charge in [-0.05, 0) is 43.2 Å². The molecule has 0 spiro atoms. The summed E-state index contributed by atoms with van der Waals surface area (Å²) in [4.78, 5) is 34.0. The van der Waals surface area contributed by atoms with Gasteiger partial charge in [0.2, 0.25) is 24.2 Å². The number of aromatic nitrogens is 3. The molecule has 3 rings (SSSR count). The summed E-state index contributed by atoms with van der Waals surface area (Å²) in [6.07, 6.45) is -0.0921. The molecule has 1 heterocycles. The molecule has 1 atom stereocenters. The zero-order valence-electron chi connectivity index (χ0n) is 25.7. The normalized spacial score (nSPS) is 11.5. The van der Waals surface area contributed by atoms with Crippen molar-refractivity contribution in [3.05, 3.63) is 71.8 Å². The van der Waals surface area contributed by atoms with E-state index in [0.29, 0.717) is 30.8 Å². The summed E-state index contributed by atoms with van der Waals surface area (Å²) in [5.74, 6) is 0.356. The highest BCUT2D eigenvalue weighted by molar-refractivity contribution is 7.83. The summed E-state index contributed by atoms with van der Waals surface area (Å²) < 4.78 is 62.8. The van der Waals surface area contributed by atoms with E-state index in [1.165, 1.54) is 0 Å². The number of nitrogens with one attached hydrogen (secondary N) is 4. The van der Waals surface area contributed by atoms with E-state index in [1.54, 1.807) is 48.6 Å². The molecule has 0 bridgehead atoms. The van der Waals surface area contributed by atoms with Crippen LogP contribution in [0.2, 0.25) is 0 Å². The second kappa shape index (κ2) is 20.3. The molecule has 2 amide bonds. The monoisotopic (exact) mass is 665 g/mol. The number of rotatable bonds is 18. The van der Waals surface area contributed by atoms with E-state index in [-0.39, 0.29) is 43.1 Å². The summed E-state index contributed by atoms with van der Waals surface area (Å²) in [7, 11) is -1.56. The van der Waals surface area contributed by atoms with Gasteiger partial charge in [-0.2, -0.15) is 28.1 Å². The van der Waals surface area contributed by atoms with Crippen molar-refractivity contribution in [1.29, 1.82) is 0 Å². The van der Waals surface area contributed by atoms with Gasteiger partial charge < -0.3 is 25.4 Å². The van der Waals surface area contributed by atoms with Crippen LogP contribution in [0.15, 0.2) is 60.7 Å². The van der Waals surface area contributed by atoms with E-state index in [1.807, 2.05) is 32.9 Å². The Morgan fingerprint density at radius 2 is 1.65 bits per heavy atom. The lowest BCUT2D eigenvalue weighted by Crippen LogP contribution is -2.27. The van der Waals surface area contributed by atoms with Crippen molar-refractivity contribution in [3.63, 3.8) is 0 Å². The summed E-state index contributed by atoms with van der Waals surface area (Å²) in [6.45, 7) is 5.20. The molecule has 0 aliphatic rings.